The molecule has 0 saturated heterocycles. The molecule has 31 heavy (non-hydrogen) atoms. The molecule has 1 aliphatic carbocycles. The first-order valence-electron chi connectivity index (χ1n) is 10.8. The first kappa shape index (κ1) is 20.3. The zero-order valence-electron chi connectivity index (χ0n) is 17.7. The number of benzene rings is 1. The number of hydrogen-bond donors (Lipinski definition) is 1. The second-order valence-electron chi connectivity index (χ2n) is 8.43. The van der Waals surface area contributed by atoms with E-state index in [-0.39, 0.29) is 11.9 Å². The van der Waals surface area contributed by atoms with Crippen molar-refractivity contribution in [2.45, 2.75) is 39.2 Å². The Hall–Kier alpha value is -2.57. The summed E-state index contributed by atoms with van der Waals surface area (Å²) in [5.41, 5.74) is 3.97. The quantitative estimate of drug-likeness (QED) is 0.381. The third-order valence-corrected chi connectivity index (χ3v) is 8.21. The van der Waals surface area contributed by atoms with E-state index in [1.54, 1.807) is 22.7 Å². The Morgan fingerprint density at radius 3 is 2.26 bits per heavy atom. The highest BCUT2D eigenvalue weighted by atomic mass is 32.1. The van der Waals surface area contributed by atoms with E-state index < -0.39 is 0 Å². The van der Waals surface area contributed by atoms with Crippen LogP contribution in [-0.4, -0.2) is 21.9 Å². The van der Waals surface area contributed by atoms with Gasteiger partial charge in [-0.05, 0) is 59.3 Å². The molecule has 0 spiro atoms. The molecule has 0 bridgehead atoms. The van der Waals surface area contributed by atoms with Crippen molar-refractivity contribution >= 4 is 39.6 Å². The van der Waals surface area contributed by atoms with Crippen LogP contribution in [0, 0.1) is 11.8 Å². The highest BCUT2D eigenvalue weighted by Crippen LogP contribution is 2.35. The van der Waals surface area contributed by atoms with Crippen LogP contribution < -0.4 is 5.32 Å². The fourth-order valence-corrected chi connectivity index (χ4v) is 5.83. The topological polar surface area (TPSA) is 54.9 Å². The average Bonchev–Trinajstić information content (AvgIpc) is 3.50. The highest BCUT2D eigenvalue weighted by Gasteiger charge is 2.28. The molecule has 0 radical (unpaired) electrons. The van der Waals surface area contributed by atoms with Crippen molar-refractivity contribution in [1.29, 1.82) is 0 Å². The van der Waals surface area contributed by atoms with E-state index in [1.807, 2.05) is 30.3 Å². The molecule has 1 amide bonds. The van der Waals surface area contributed by atoms with Crippen molar-refractivity contribution in [3.8, 4) is 21.1 Å². The Labute approximate surface area is 190 Å². The molecule has 4 aromatic rings. The van der Waals surface area contributed by atoms with Gasteiger partial charge in [0, 0.05) is 11.6 Å². The largest absolute Gasteiger partial charge is 0.349 e. The molecule has 0 unspecified atom stereocenters. The average molecular weight is 448 g/mol. The minimum atomic E-state index is -0.0188. The number of rotatable bonds is 4. The van der Waals surface area contributed by atoms with E-state index in [0.29, 0.717) is 17.4 Å². The Bertz CT molecular complexity index is 1200. The zero-order chi connectivity index (χ0) is 21.4. The first-order chi connectivity index (χ1) is 15.1. The summed E-state index contributed by atoms with van der Waals surface area (Å²) < 4.78 is 0. The summed E-state index contributed by atoms with van der Waals surface area (Å²) in [7, 11) is 0. The number of nitrogens with zero attached hydrogens (tertiary/aromatic N) is 2. The van der Waals surface area contributed by atoms with E-state index in [1.165, 1.54) is 12.8 Å². The van der Waals surface area contributed by atoms with Crippen LogP contribution in [0.4, 0.5) is 0 Å². The molecule has 1 saturated carbocycles. The Kier molecular flexibility index (Phi) is 5.59. The minimum absolute atomic E-state index is 0.0188. The van der Waals surface area contributed by atoms with Crippen molar-refractivity contribution < 1.29 is 4.79 Å². The number of thiophene rings is 2. The van der Waals surface area contributed by atoms with Gasteiger partial charge in [0.25, 0.3) is 5.91 Å². The van der Waals surface area contributed by atoms with Gasteiger partial charge in [0.2, 0.25) is 0 Å². The molecule has 1 aliphatic rings. The van der Waals surface area contributed by atoms with Crippen LogP contribution in [0.25, 0.3) is 32.2 Å². The van der Waals surface area contributed by atoms with E-state index in [4.69, 9.17) is 9.97 Å². The molecule has 158 valence electrons. The van der Waals surface area contributed by atoms with E-state index in [0.717, 1.165) is 38.6 Å². The van der Waals surface area contributed by atoms with Gasteiger partial charge in [-0.1, -0.05) is 38.8 Å². The molecular weight excluding hydrogens is 422 g/mol. The minimum Gasteiger partial charge on any atom is -0.349 e. The summed E-state index contributed by atoms with van der Waals surface area (Å²) in [6, 6.07) is 14.1. The third-order valence-electron chi connectivity index (χ3n) is 6.46. The molecule has 1 aromatic carbocycles. The normalized spacial score (nSPS) is 21.3. The van der Waals surface area contributed by atoms with Gasteiger partial charge in [0.1, 0.15) is 11.4 Å². The predicted octanol–water partition coefficient (Wildman–Crippen LogP) is 6.64. The summed E-state index contributed by atoms with van der Waals surface area (Å²) in [5.74, 6) is 1.12. The van der Waals surface area contributed by atoms with Crippen LogP contribution in [0.2, 0.25) is 0 Å². The van der Waals surface area contributed by atoms with Gasteiger partial charge in [-0.3, -0.25) is 4.79 Å². The fraction of sp³-hybridized carbons (Fsp3) is 0.320. The monoisotopic (exact) mass is 447 g/mol. The van der Waals surface area contributed by atoms with E-state index in [2.05, 4.69) is 42.1 Å². The summed E-state index contributed by atoms with van der Waals surface area (Å²) in [4.78, 5) is 25.1. The van der Waals surface area contributed by atoms with Crippen molar-refractivity contribution in [2.75, 3.05) is 0 Å². The lowest BCUT2D eigenvalue weighted by molar-refractivity contribution is 0.0891. The van der Waals surface area contributed by atoms with Gasteiger partial charge >= 0.3 is 0 Å². The first-order valence-corrected chi connectivity index (χ1v) is 12.6. The van der Waals surface area contributed by atoms with Crippen LogP contribution >= 0.6 is 22.7 Å². The number of nitrogens with one attached hydrogen (secondary N) is 1. The molecule has 0 aliphatic heterocycles. The zero-order valence-corrected chi connectivity index (χ0v) is 19.3. The fourth-order valence-electron chi connectivity index (χ4n) is 4.40. The Morgan fingerprint density at radius 1 is 0.935 bits per heavy atom. The second-order valence-corrected chi connectivity index (χ2v) is 10.3. The van der Waals surface area contributed by atoms with Gasteiger partial charge in [0.15, 0.2) is 0 Å². The third kappa shape index (κ3) is 4.02. The summed E-state index contributed by atoms with van der Waals surface area (Å²) in [6.07, 6.45) is 3.48. The van der Waals surface area contributed by atoms with Gasteiger partial charge in [0.05, 0.1) is 20.8 Å². The number of carbonyl (C=O) groups is 1. The van der Waals surface area contributed by atoms with Crippen molar-refractivity contribution in [2.24, 2.45) is 11.8 Å². The molecule has 1 N–H and O–H groups in total. The highest BCUT2D eigenvalue weighted by molar-refractivity contribution is 7.14. The smallest absolute Gasteiger partial charge is 0.251 e. The van der Waals surface area contributed by atoms with Crippen molar-refractivity contribution in [3.63, 3.8) is 0 Å². The maximum Gasteiger partial charge on any atom is 0.251 e. The molecule has 5 rings (SSSR count). The number of hydrogen-bond acceptors (Lipinski definition) is 5. The summed E-state index contributed by atoms with van der Waals surface area (Å²) >= 11 is 3.31. The lowest BCUT2D eigenvalue weighted by atomic mass is 9.78. The Morgan fingerprint density at radius 2 is 1.61 bits per heavy atom. The second kappa shape index (κ2) is 8.52. The van der Waals surface area contributed by atoms with Gasteiger partial charge in [-0.15, -0.1) is 22.7 Å². The molecule has 3 aromatic heterocycles. The molecule has 1 fully saturated rings. The number of fused-ring (bicyclic) bond motifs is 1. The number of aromatic nitrogens is 2. The Balaban J connectivity index is 1.51. The maximum atomic E-state index is 13.0. The predicted molar refractivity (Wildman–Crippen MR) is 130 cm³/mol. The van der Waals surface area contributed by atoms with Crippen molar-refractivity contribution in [3.05, 3.63) is 58.8 Å². The summed E-state index contributed by atoms with van der Waals surface area (Å²) in [6.45, 7) is 4.53. The molecule has 4 nitrogen and oxygen atoms in total. The van der Waals surface area contributed by atoms with Crippen LogP contribution in [0.3, 0.4) is 0 Å². The molecular formula is C25H25N3OS2. The van der Waals surface area contributed by atoms with Gasteiger partial charge in [-0.25, -0.2) is 9.97 Å². The van der Waals surface area contributed by atoms with Crippen LogP contribution in [0.5, 0.6) is 0 Å². The molecule has 3 heterocycles. The lowest BCUT2D eigenvalue weighted by Crippen LogP contribution is -2.43. The lowest BCUT2D eigenvalue weighted by Gasteiger charge is -2.34. The van der Waals surface area contributed by atoms with Crippen LogP contribution in [0.15, 0.2) is 53.2 Å². The maximum absolute atomic E-state index is 13.0. The van der Waals surface area contributed by atoms with Gasteiger partial charge in [-0.2, -0.15) is 0 Å². The van der Waals surface area contributed by atoms with Crippen LogP contribution in [0.1, 0.15) is 43.5 Å². The van der Waals surface area contributed by atoms with E-state index in [9.17, 15) is 4.79 Å². The molecule has 3 atom stereocenters. The van der Waals surface area contributed by atoms with Crippen molar-refractivity contribution in [1.82, 2.24) is 15.3 Å². The standard InChI is InChI=1S/C25H25N3OS2/c1-15-6-3-7-18(16(15)2)28-25(29)17-10-11-19-20(14-17)27-24(22-9-5-13-31-22)23(26-19)21-8-4-12-30-21/h4-5,8-16,18H,3,6-7H2,1-2H3,(H,28,29)/t15-,16-,18-/m1/s1. The van der Waals surface area contributed by atoms with Crippen LogP contribution in [-0.2, 0) is 0 Å². The number of carbonyl (C=O) groups excluding carboxylic acids is 1. The molecule has 6 heteroatoms. The van der Waals surface area contributed by atoms with Gasteiger partial charge < -0.3 is 5.32 Å². The van der Waals surface area contributed by atoms with E-state index >= 15 is 0 Å². The summed E-state index contributed by atoms with van der Waals surface area (Å²) in [5, 5.41) is 7.38. The number of amides is 1. The SMILES string of the molecule is C[C@@H]1[C@H](C)CCC[C@H]1NC(=O)c1ccc2nc(-c3cccs3)c(-c3cccs3)nc2c1.